The highest BCUT2D eigenvalue weighted by Crippen LogP contribution is 2.45. The number of aliphatic imine (C=N–C) groups is 2. The number of benzene rings is 11. The van der Waals surface area contributed by atoms with Gasteiger partial charge in [0.25, 0.3) is 0 Å². The number of aromatic nitrogens is 2. The molecule has 6 heteroatoms. The van der Waals surface area contributed by atoms with Crippen LogP contribution in [0.3, 0.4) is 0 Å². The second-order valence-electron chi connectivity index (χ2n) is 19.3. The Labute approximate surface area is 432 Å². The molecule has 0 aliphatic carbocycles. The van der Waals surface area contributed by atoms with Gasteiger partial charge in [-0.3, -0.25) is 0 Å². The Kier molecular flexibility index (Phi) is 9.85. The van der Waals surface area contributed by atoms with E-state index in [1.165, 1.54) is 38.3 Å². The summed E-state index contributed by atoms with van der Waals surface area (Å²) < 4.78 is 11.3. The third-order valence-corrected chi connectivity index (χ3v) is 15.0. The largest absolute Gasteiger partial charge is 0.456 e. The van der Waals surface area contributed by atoms with E-state index >= 15 is 0 Å². The summed E-state index contributed by atoms with van der Waals surface area (Å²) in [5, 5.41) is 10.7. The van der Waals surface area contributed by atoms with Gasteiger partial charge < -0.3 is 18.9 Å². The molecule has 1 atom stereocenters. The molecule has 0 radical (unpaired) electrons. The molecule has 0 saturated carbocycles. The van der Waals surface area contributed by atoms with Crippen molar-refractivity contribution in [1.29, 1.82) is 0 Å². The zero-order valence-corrected chi connectivity index (χ0v) is 40.6. The van der Waals surface area contributed by atoms with Crippen LogP contribution in [0.1, 0.15) is 22.9 Å². The first-order valence-corrected chi connectivity index (χ1v) is 25.5. The normalized spacial score (nSPS) is 13.7. The van der Waals surface area contributed by atoms with Gasteiger partial charge in [-0.1, -0.05) is 194 Å². The Morgan fingerprint density at radius 1 is 0.360 bits per heavy atom. The monoisotopic (exact) mass is 959 g/mol. The van der Waals surface area contributed by atoms with Crippen molar-refractivity contribution in [3.8, 4) is 44.8 Å². The molecule has 75 heavy (non-hydrogen) atoms. The van der Waals surface area contributed by atoms with Gasteiger partial charge in [-0.25, -0.2) is 9.98 Å². The molecule has 6 nitrogen and oxygen atoms in total. The number of para-hydroxylation sites is 4. The fourth-order valence-corrected chi connectivity index (χ4v) is 11.6. The molecule has 1 aliphatic rings. The highest BCUT2D eigenvalue weighted by molar-refractivity contribution is 6.23. The zero-order chi connectivity index (χ0) is 49.4. The standard InChI is InChI=1S/C69H45N5O/c1-4-19-44(20-5-1)46-23-16-24-48(41-46)67-70-68(49-38-39-52-51-27-12-15-36-63(51)75-64(52)43-49)72-69(71-67)57-40-37-47(45-21-6-2-7-22-45)42-62(57)74-59-33-14-11-29-56(59)66-54(31-18-35-61(66)74)53-30-17-34-60-65(53)55-28-10-13-32-58(55)73(60)50-25-8-3-9-26-50/h1-43,68H,(H,70,71,72). The van der Waals surface area contributed by atoms with Crippen molar-refractivity contribution in [3.63, 3.8) is 0 Å². The lowest BCUT2D eigenvalue weighted by Gasteiger charge is -2.25. The second-order valence-corrected chi connectivity index (χ2v) is 19.3. The molecule has 14 aromatic rings. The summed E-state index contributed by atoms with van der Waals surface area (Å²) in [6.45, 7) is 0. The van der Waals surface area contributed by atoms with Crippen LogP contribution in [0.2, 0.25) is 0 Å². The average molecular weight is 960 g/mol. The molecule has 11 aromatic carbocycles. The molecule has 1 aliphatic heterocycles. The SMILES string of the molecule is c1ccc(-c2cccc(C3=NC(c4ccc(-c5ccccc5)cc4-n4c5ccccc5c5c(-c6cccc7c6c6ccccc6n7-c6ccccc6)cccc54)=NC(c4ccc5c(c4)oc4ccccc45)N3)c2)cc1. The Morgan fingerprint density at radius 2 is 0.893 bits per heavy atom. The number of rotatable bonds is 8. The molecule has 1 unspecified atom stereocenters. The van der Waals surface area contributed by atoms with Crippen LogP contribution >= 0.6 is 0 Å². The Balaban J connectivity index is 0.975. The van der Waals surface area contributed by atoms with E-state index in [1.54, 1.807) is 0 Å². The molecule has 15 rings (SSSR count). The van der Waals surface area contributed by atoms with Crippen molar-refractivity contribution in [2.45, 2.75) is 6.17 Å². The minimum absolute atomic E-state index is 0.490. The first-order valence-electron chi connectivity index (χ1n) is 25.5. The van der Waals surface area contributed by atoms with Crippen LogP contribution in [0.15, 0.2) is 275 Å². The number of fused-ring (bicyclic) bond motifs is 9. The van der Waals surface area contributed by atoms with Gasteiger partial charge in [0.15, 0.2) is 5.84 Å². The van der Waals surface area contributed by atoms with Gasteiger partial charge in [0, 0.05) is 54.7 Å². The van der Waals surface area contributed by atoms with Crippen molar-refractivity contribution in [3.05, 3.63) is 278 Å². The van der Waals surface area contributed by atoms with E-state index in [1.807, 2.05) is 12.1 Å². The van der Waals surface area contributed by atoms with Crippen LogP contribution in [-0.4, -0.2) is 20.8 Å². The van der Waals surface area contributed by atoms with Crippen molar-refractivity contribution in [1.82, 2.24) is 14.5 Å². The molecule has 0 amide bonds. The smallest absolute Gasteiger partial charge is 0.161 e. The summed E-state index contributed by atoms with van der Waals surface area (Å²) in [7, 11) is 0. The molecular formula is C69H45N5O. The fraction of sp³-hybridized carbons (Fsp3) is 0.0145. The number of nitrogens with zero attached hydrogens (tertiary/aromatic N) is 4. The van der Waals surface area contributed by atoms with Gasteiger partial charge >= 0.3 is 0 Å². The zero-order valence-electron chi connectivity index (χ0n) is 40.6. The number of amidine groups is 2. The van der Waals surface area contributed by atoms with Crippen molar-refractivity contribution < 1.29 is 4.42 Å². The summed E-state index contributed by atoms with van der Waals surface area (Å²) in [5.41, 5.74) is 18.0. The van der Waals surface area contributed by atoms with E-state index in [9.17, 15) is 0 Å². The Hall–Kier alpha value is -10.0. The lowest BCUT2D eigenvalue weighted by atomic mass is 9.95. The molecular weight excluding hydrogens is 915 g/mol. The van der Waals surface area contributed by atoms with Gasteiger partial charge in [-0.05, 0) is 100 Å². The van der Waals surface area contributed by atoms with Crippen LogP contribution < -0.4 is 5.32 Å². The number of hydrogen-bond acceptors (Lipinski definition) is 4. The maximum Gasteiger partial charge on any atom is 0.161 e. The quantitative estimate of drug-likeness (QED) is 0.165. The van der Waals surface area contributed by atoms with E-state index in [4.69, 9.17) is 14.4 Å². The summed E-state index contributed by atoms with van der Waals surface area (Å²) in [4.78, 5) is 11.1. The number of nitrogens with one attached hydrogen (secondary N) is 1. The minimum atomic E-state index is -0.490. The van der Waals surface area contributed by atoms with Gasteiger partial charge in [0.1, 0.15) is 23.2 Å². The minimum Gasteiger partial charge on any atom is -0.456 e. The molecule has 0 spiro atoms. The number of furan rings is 1. The third-order valence-electron chi connectivity index (χ3n) is 15.0. The van der Waals surface area contributed by atoms with Crippen molar-refractivity contribution >= 4 is 77.2 Å². The lowest BCUT2D eigenvalue weighted by Crippen LogP contribution is -2.33. The van der Waals surface area contributed by atoms with Crippen molar-refractivity contribution in [2.24, 2.45) is 9.98 Å². The van der Waals surface area contributed by atoms with Crippen LogP contribution in [0, 0.1) is 0 Å². The van der Waals surface area contributed by atoms with E-state index in [0.29, 0.717) is 5.84 Å². The first-order chi connectivity index (χ1) is 37.2. The molecule has 352 valence electrons. The average Bonchev–Trinajstić information content (AvgIpc) is 4.18. The van der Waals surface area contributed by atoms with E-state index in [-0.39, 0.29) is 0 Å². The van der Waals surface area contributed by atoms with Crippen LogP contribution in [-0.2, 0) is 0 Å². The highest BCUT2D eigenvalue weighted by Gasteiger charge is 2.27. The summed E-state index contributed by atoms with van der Waals surface area (Å²) in [5.74, 6) is 1.36. The topological polar surface area (TPSA) is 59.8 Å². The summed E-state index contributed by atoms with van der Waals surface area (Å²) in [6, 6.07) is 93.0. The van der Waals surface area contributed by atoms with Gasteiger partial charge in [0.2, 0.25) is 0 Å². The van der Waals surface area contributed by atoms with E-state index in [2.05, 4.69) is 263 Å². The molecule has 1 N–H and O–H groups in total. The predicted molar refractivity (Wildman–Crippen MR) is 311 cm³/mol. The molecule has 0 saturated heterocycles. The Morgan fingerprint density at radius 3 is 1.60 bits per heavy atom. The predicted octanol–water partition coefficient (Wildman–Crippen LogP) is 17.3. The fourth-order valence-electron chi connectivity index (χ4n) is 11.6. The summed E-state index contributed by atoms with van der Waals surface area (Å²) >= 11 is 0. The highest BCUT2D eigenvalue weighted by atomic mass is 16.3. The van der Waals surface area contributed by atoms with Crippen molar-refractivity contribution in [2.75, 3.05) is 0 Å². The van der Waals surface area contributed by atoms with Crippen LogP contribution in [0.25, 0.3) is 110 Å². The maximum atomic E-state index is 6.47. The van der Waals surface area contributed by atoms with E-state index in [0.717, 1.165) is 94.5 Å². The van der Waals surface area contributed by atoms with Gasteiger partial charge in [-0.15, -0.1) is 0 Å². The molecule has 0 bridgehead atoms. The maximum absolute atomic E-state index is 6.47. The Bertz CT molecular complexity index is 4620. The lowest BCUT2D eigenvalue weighted by molar-refractivity contribution is 0.655. The molecule has 4 heterocycles. The summed E-state index contributed by atoms with van der Waals surface area (Å²) in [6.07, 6.45) is -0.490. The van der Waals surface area contributed by atoms with Crippen LogP contribution in [0.5, 0.6) is 0 Å². The van der Waals surface area contributed by atoms with Gasteiger partial charge in [0.05, 0.1) is 27.8 Å². The molecule has 0 fully saturated rings. The second kappa shape index (κ2) is 17.3. The van der Waals surface area contributed by atoms with Gasteiger partial charge in [-0.2, -0.15) is 0 Å². The third kappa shape index (κ3) is 7.02. The first kappa shape index (κ1) is 42.6. The van der Waals surface area contributed by atoms with E-state index < -0.39 is 6.17 Å². The number of hydrogen-bond donors (Lipinski definition) is 1. The van der Waals surface area contributed by atoms with Crippen LogP contribution in [0.4, 0.5) is 0 Å². The molecule has 3 aromatic heterocycles.